The molecule has 1 amide bonds. The van der Waals surface area contributed by atoms with E-state index in [2.05, 4.69) is 0 Å². The van der Waals surface area contributed by atoms with Crippen molar-refractivity contribution in [1.82, 2.24) is 9.47 Å². The summed E-state index contributed by atoms with van der Waals surface area (Å²) in [5, 5.41) is 9.75. The number of piperidine rings is 1. The molecule has 0 bridgehead atoms. The monoisotopic (exact) mass is 580 g/mol. The third-order valence-electron chi connectivity index (χ3n) is 7.31. The molecule has 12 heteroatoms. The average Bonchev–Trinajstić information content (AvgIpc) is 3.52. The van der Waals surface area contributed by atoms with Crippen molar-refractivity contribution in [1.29, 1.82) is 5.26 Å². The number of thioether (sulfide) groups is 1. The van der Waals surface area contributed by atoms with Crippen molar-refractivity contribution in [3.05, 3.63) is 55.7 Å². The summed E-state index contributed by atoms with van der Waals surface area (Å²) >= 11 is 6.75. The normalized spacial score (nSPS) is 18.0. The number of carbonyl (C=O) groups excluding carboxylic acids is 2. The number of anilines is 1. The van der Waals surface area contributed by atoms with E-state index < -0.39 is 5.56 Å². The molecule has 0 spiro atoms. The van der Waals surface area contributed by atoms with Crippen LogP contribution in [-0.4, -0.2) is 52.2 Å². The number of hydrogen-bond acceptors (Lipinski definition) is 10. The summed E-state index contributed by atoms with van der Waals surface area (Å²) in [6, 6.07) is 7.53. The molecule has 208 valence electrons. The highest BCUT2D eigenvalue weighted by Gasteiger charge is 2.34. The molecular weight excluding hydrogens is 552 g/mol. The smallest absolute Gasteiger partial charge is 0.309 e. The van der Waals surface area contributed by atoms with Gasteiger partial charge in [-0.05, 0) is 56.0 Å². The minimum absolute atomic E-state index is 0.0229. The fraction of sp³-hybridized carbons (Fsp3) is 0.393. The highest BCUT2D eigenvalue weighted by molar-refractivity contribution is 8.26. The van der Waals surface area contributed by atoms with E-state index in [1.165, 1.54) is 21.2 Å². The number of amides is 1. The van der Waals surface area contributed by atoms with E-state index in [-0.39, 0.29) is 36.7 Å². The van der Waals surface area contributed by atoms with Gasteiger partial charge in [-0.2, -0.15) is 5.26 Å². The molecule has 1 aromatic carbocycles. The molecule has 3 aliphatic rings. The van der Waals surface area contributed by atoms with Gasteiger partial charge in [0.2, 0.25) is 6.79 Å². The van der Waals surface area contributed by atoms with Gasteiger partial charge in [0.15, 0.2) is 11.5 Å². The number of nitrogens with zero attached hydrogens (tertiary/aromatic N) is 4. The molecule has 0 unspecified atom stereocenters. The Morgan fingerprint density at radius 1 is 1.25 bits per heavy atom. The molecule has 2 saturated heterocycles. The number of esters is 1. The molecule has 2 fully saturated rings. The van der Waals surface area contributed by atoms with E-state index in [1.807, 2.05) is 23.1 Å². The van der Waals surface area contributed by atoms with Crippen molar-refractivity contribution in [2.24, 2.45) is 13.0 Å². The Kier molecular flexibility index (Phi) is 7.87. The Bertz CT molecular complexity index is 1530. The van der Waals surface area contributed by atoms with E-state index in [4.69, 9.17) is 26.4 Å². The Hall–Kier alpha value is -3.82. The molecule has 1 aromatic heterocycles. The quantitative estimate of drug-likeness (QED) is 0.286. The van der Waals surface area contributed by atoms with Gasteiger partial charge in [-0.3, -0.25) is 23.9 Å². The minimum Gasteiger partial charge on any atom is -0.466 e. The van der Waals surface area contributed by atoms with Crippen molar-refractivity contribution in [3.8, 4) is 17.6 Å². The summed E-state index contributed by atoms with van der Waals surface area (Å²) in [5.74, 6) is 1.21. The average molecular weight is 581 g/mol. The second-order valence-corrected chi connectivity index (χ2v) is 11.4. The number of aromatic nitrogens is 1. The molecule has 10 nitrogen and oxygen atoms in total. The number of benzene rings is 1. The van der Waals surface area contributed by atoms with Crippen molar-refractivity contribution in [2.45, 2.75) is 33.2 Å². The van der Waals surface area contributed by atoms with Crippen molar-refractivity contribution in [2.75, 3.05) is 31.4 Å². The van der Waals surface area contributed by atoms with Crippen LogP contribution >= 0.6 is 24.0 Å². The van der Waals surface area contributed by atoms with Gasteiger partial charge in [-0.25, -0.2) is 0 Å². The third-order valence-corrected chi connectivity index (χ3v) is 8.69. The first-order chi connectivity index (χ1) is 19.2. The van der Waals surface area contributed by atoms with Crippen molar-refractivity contribution >= 4 is 52.1 Å². The molecule has 0 aliphatic carbocycles. The van der Waals surface area contributed by atoms with Gasteiger partial charge in [0, 0.05) is 25.7 Å². The van der Waals surface area contributed by atoms with Gasteiger partial charge >= 0.3 is 5.97 Å². The van der Waals surface area contributed by atoms with Gasteiger partial charge in [-0.15, -0.1) is 0 Å². The molecule has 0 atom stereocenters. The zero-order valence-corrected chi connectivity index (χ0v) is 24.0. The Morgan fingerprint density at radius 3 is 2.67 bits per heavy atom. The molecular formula is C28H28N4O6S2. The fourth-order valence-corrected chi connectivity index (χ4v) is 6.41. The zero-order chi connectivity index (χ0) is 28.6. The Labute approximate surface area is 241 Å². The van der Waals surface area contributed by atoms with Crippen LogP contribution in [0, 0.1) is 24.2 Å². The standard InChI is InChI=1S/C28H28N4O6S2/c1-4-36-27(35)18-7-9-31(10-8-18)24-19(16(2)20(13-29)25(33)30(24)3)12-23-26(34)32(28(39)40-23)14-17-5-6-21-22(11-17)38-15-37-21/h5-6,11-12,18H,4,7-10,14-15H2,1-3H3. The summed E-state index contributed by atoms with van der Waals surface area (Å²) in [6.07, 6.45) is 2.87. The van der Waals surface area contributed by atoms with Gasteiger partial charge in [0.05, 0.1) is 24.0 Å². The van der Waals surface area contributed by atoms with Crippen LogP contribution in [-0.2, 0) is 27.9 Å². The fourth-order valence-electron chi connectivity index (χ4n) is 5.17. The second kappa shape index (κ2) is 11.3. The second-order valence-electron chi connectivity index (χ2n) is 9.68. The first-order valence-electron chi connectivity index (χ1n) is 12.9. The Balaban J connectivity index is 1.46. The minimum atomic E-state index is -0.407. The summed E-state index contributed by atoms with van der Waals surface area (Å²) in [4.78, 5) is 42.8. The molecule has 3 aliphatic heterocycles. The lowest BCUT2D eigenvalue weighted by Crippen LogP contribution is -2.40. The molecule has 5 rings (SSSR count). The number of carbonyl (C=O) groups is 2. The van der Waals surface area contributed by atoms with E-state index >= 15 is 0 Å². The van der Waals surface area contributed by atoms with E-state index in [9.17, 15) is 19.6 Å². The number of nitriles is 1. The number of fused-ring (bicyclic) bond motifs is 1. The van der Waals surface area contributed by atoms with Gasteiger partial charge in [0.25, 0.3) is 11.5 Å². The van der Waals surface area contributed by atoms with Crippen LogP contribution in [0.25, 0.3) is 6.08 Å². The largest absolute Gasteiger partial charge is 0.466 e. The summed E-state index contributed by atoms with van der Waals surface area (Å²) < 4.78 is 17.9. The lowest BCUT2D eigenvalue weighted by molar-refractivity contribution is -0.148. The highest BCUT2D eigenvalue weighted by Crippen LogP contribution is 2.38. The lowest BCUT2D eigenvalue weighted by Gasteiger charge is -2.35. The zero-order valence-electron chi connectivity index (χ0n) is 22.4. The number of thiocarbonyl (C=S) groups is 1. The Morgan fingerprint density at radius 2 is 1.98 bits per heavy atom. The van der Waals surface area contributed by atoms with E-state index in [1.54, 1.807) is 33.0 Å². The van der Waals surface area contributed by atoms with Crippen molar-refractivity contribution < 1.29 is 23.8 Å². The van der Waals surface area contributed by atoms with Crippen LogP contribution < -0.4 is 19.9 Å². The SMILES string of the molecule is CCOC(=O)C1CCN(c2c(C=C3SC(=S)N(Cc4ccc5c(c4)OCO5)C3=O)c(C)c(C#N)c(=O)n2C)CC1. The first kappa shape index (κ1) is 27.7. The summed E-state index contributed by atoms with van der Waals surface area (Å²) in [7, 11) is 1.62. The van der Waals surface area contributed by atoms with Crippen LogP contribution in [0.5, 0.6) is 11.5 Å². The first-order valence-corrected chi connectivity index (χ1v) is 14.1. The maximum atomic E-state index is 13.5. The van der Waals surface area contributed by atoms with E-state index in [0.29, 0.717) is 70.2 Å². The third kappa shape index (κ3) is 5.07. The number of rotatable bonds is 6. The van der Waals surface area contributed by atoms with Crippen molar-refractivity contribution in [3.63, 3.8) is 0 Å². The molecule has 0 saturated carbocycles. The van der Waals surface area contributed by atoms with Gasteiger partial charge in [0.1, 0.15) is 21.8 Å². The number of ether oxygens (including phenoxy) is 3. The topological polar surface area (TPSA) is 114 Å². The van der Waals surface area contributed by atoms with E-state index in [0.717, 1.165) is 5.56 Å². The number of pyridine rings is 1. The predicted octanol–water partition coefficient (Wildman–Crippen LogP) is 3.48. The van der Waals surface area contributed by atoms with Crippen LogP contribution in [0.4, 0.5) is 5.82 Å². The van der Waals surface area contributed by atoms with Crippen LogP contribution in [0.3, 0.4) is 0 Å². The molecule has 0 N–H and O–H groups in total. The summed E-state index contributed by atoms with van der Waals surface area (Å²) in [6.45, 7) is 5.30. The lowest BCUT2D eigenvalue weighted by atomic mass is 9.95. The molecule has 2 aromatic rings. The molecule has 0 radical (unpaired) electrons. The number of hydrogen-bond donors (Lipinski definition) is 0. The molecule has 40 heavy (non-hydrogen) atoms. The maximum absolute atomic E-state index is 13.5. The highest BCUT2D eigenvalue weighted by atomic mass is 32.2. The van der Waals surface area contributed by atoms with Crippen LogP contribution in [0.2, 0.25) is 0 Å². The summed E-state index contributed by atoms with van der Waals surface area (Å²) in [5.41, 5.74) is 1.56. The maximum Gasteiger partial charge on any atom is 0.309 e. The van der Waals surface area contributed by atoms with Gasteiger partial charge in [-0.1, -0.05) is 30.0 Å². The molecule has 4 heterocycles. The van der Waals surface area contributed by atoms with Crippen LogP contribution in [0.1, 0.15) is 42.0 Å². The predicted molar refractivity (Wildman–Crippen MR) is 154 cm³/mol. The van der Waals surface area contributed by atoms with Gasteiger partial charge < -0.3 is 19.1 Å². The van der Waals surface area contributed by atoms with Crippen LogP contribution in [0.15, 0.2) is 27.9 Å².